The highest BCUT2D eigenvalue weighted by Crippen LogP contribution is 2.40. The van der Waals surface area contributed by atoms with Gasteiger partial charge in [0.2, 0.25) is 0 Å². The number of benzene rings is 1. The van der Waals surface area contributed by atoms with Crippen LogP contribution in [0.4, 0.5) is 5.82 Å². The summed E-state index contributed by atoms with van der Waals surface area (Å²) in [7, 11) is 0. The lowest BCUT2D eigenvalue weighted by atomic mass is 10.1. The zero-order chi connectivity index (χ0) is 12.5. The minimum Gasteiger partial charge on any atom is -0.489 e. The molecule has 0 saturated heterocycles. The normalized spacial score (nSPS) is 14.3. The summed E-state index contributed by atoms with van der Waals surface area (Å²) < 4.78 is 16.2. The van der Waals surface area contributed by atoms with E-state index in [-0.39, 0.29) is 0 Å². The summed E-state index contributed by atoms with van der Waals surface area (Å²) in [5, 5.41) is 4.13. The molecule has 18 heavy (non-hydrogen) atoms. The summed E-state index contributed by atoms with van der Waals surface area (Å²) in [6.45, 7) is 1.20. The Labute approximate surface area is 108 Å². The molecule has 1 aromatic heterocycles. The summed E-state index contributed by atoms with van der Waals surface area (Å²) in [4.78, 5) is 0. The maximum Gasteiger partial charge on any atom is 0.179 e. The number of rotatable bonds is 1. The van der Waals surface area contributed by atoms with E-state index in [2.05, 4.69) is 5.16 Å². The van der Waals surface area contributed by atoms with Crippen molar-refractivity contribution in [2.45, 2.75) is 6.42 Å². The molecule has 0 amide bonds. The molecule has 6 heteroatoms. The number of aromatic nitrogens is 1. The standard InChI is InChI=1S/C12H11ClN2O3/c13-8-4-7(9-6-11(14)15-18-9)5-10-12(8)17-3-1-2-16-10/h4-6H,1-3H2,(H2,14,15). The quantitative estimate of drug-likeness (QED) is 0.859. The Hall–Kier alpha value is -1.88. The van der Waals surface area contributed by atoms with Crippen LogP contribution in [0.3, 0.4) is 0 Å². The van der Waals surface area contributed by atoms with E-state index in [1.807, 2.05) is 6.07 Å². The van der Waals surface area contributed by atoms with E-state index < -0.39 is 0 Å². The van der Waals surface area contributed by atoms with Crippen molar-refractivity contribution in [1.82, 2.24) is 5.16 Å². The molecular formula is C12H11ClN2O3. The zero-order valence-electron chi connectivity index (χ0n) is 9.48. The fraction of sp³-hybridized carbons (Fsp3) is 0.250. The third kappa shape index (κ3) is 1.97. The van der Waals surface area contributed by atoms with E-state index in [1.165, 1.54) is 0 Å². The number of halogens is 1. The van der Waals surface area contributed by atoms with Crippen LogP contribution < -0.4 is 15.2 Å². The predicted octanol–water partition coefficient (Wildman–Crippen LogP) is 2.74. The number of fused-ring (bicyclic) bond motifs is 1. The molecule has 5 nitrogen and oxygen atoms in total. The molecule has 1 aromatic carbocycles. The average Bonchev–Trinajstić information content (AvgIpc) is 2.63. The van der Waals surface area contributed by atoms with Crippen LogP contribution >= 0.6 is 11.6 Å². The fourth-order valence-electron chi connectivity index (χ4n) is 1.80. The smallest absolute Gasteiger partial charge is 0.179 e. The number of hydrogen-bond acceptors (Lipinski definition) is 5. The Bertz CT molecular complexity index is 583. The topological polar surface area (TPSA) is 70.5 Å². The van der Waals surface area contributed by atoms with E-state index in [1.54, 1.807) is 12.1 Å². The Balaban J connectivity index is 2.07. The molecule has 0 unspecified atom stereocenters. The van der Waals surface area contributed by atoms with Gasteiger partial charge < -0.3 is 19.7 Å². The van der Waals surface area contributed by atoms with Gasteiger partial charge in [-0.25, -0.2) is 0 Å². The van der Waals surface area contributed by atoms with Crippen LogP contribution in [-0.2, 0) is 0 Å². The highest BCUT2D eigenvalue weighted by atomic mass is 35.5. The van der Waals surface area contributed by atoms with E-state index in [0.29, 0.717) is 41.3 Å². The van der Waals surface area contributed by atoms with Crippen LogP contribution in [0.1, 0.15) is 6.42 Å². The van der Waals surface area contributed by atoms with Crippen molar-refractivity contribution in [1.29, 1.82) is 0 Å². The van der Waals surface area contributed by atoms with Crippen molar-refractivity contribution in [3.8, 4) is 22.8 Å². The molecule has 0 fully saturated rings. The third-order valence-electron chi connectivity index (χ3n) is 2.62. The lowest BCUT2D eigenvalue weighted by Crippen LogP contribution is -1.97. The first-order valence-corrected chi connectivity index (χ1v) is 5.93. The molecule has 2 aromatic rings. The second-order valence-electron chi connectivity index (χ2n) is 3.95. The van der Waals surface area contributed by atoms with Crippen LogP contribution in [0.15, 0.2) is 22.7 Å². The van der Waals surface area contributed by atoms with Gasteiger partial charge in [0, 0.05) is 18.1 Å². The lowest BCUT2D eigenvalue weighted by Gasteiger charge is -2.10. The van der Waals surface area contributed by atoms with Gasteiger partial charge in [0.25, 0.3) is 0 Å². The van der Waals surface area contributed by atoms with Gasteiger partial charge in [0.1, 0.15) is 0 Å². The minimum atomic E-state index is 0.327. The maximum absolute atomic E-state index is 6.18. The lowest BCUT2D eigenvalue weighted by molar-refractivity contribution is 0.297. The maximum atomic E-state index is 6.18. The number of nitrogens with two attached hydrogens (primary N) is 1. The highest BCUT2D eigenvalue weighted by Gasteiger charge is 2.17. The molecule has 1 aliphatic heterocycles. The largest absolute Gasteiger partial charge is 0.489 e. The first-order valence-electron chi connectivity index (χ1n) is 5.56. The summed E-state index contributed by atoms with van der Waals surface area (Å²) in [5.41, 5.74) is 6.28. The molecule has 0 spiro atoms. The Kier molecular flexibility index (Phi) is 2.76. The summed E-state index contributed by atoms with van der Waals surface area (Å²) in [5.74, 6) is 2.06. The SMILES string of the molecule is Nc1cc(-c2cc(Cl)c3c(c2)OCCCO3)on1. The number of ether oxygens (including phenoxy) is 2. The molecule has 0 radical (unpaired) electrons. The fourth-order valence-corrected chi connectivity index (χ4v) is 2.06. The van der Waals surface area contributed by atoms with Crippen LogP contribution in [-0.4, -0.2) is 18.4 Å². The van der Waals surface area contributed by atoms with Crippen molar-refractivity contribution in [3.63, 3.8) is 0 Å². The Morgan fingerprint density at radius 3 is 2.78 bits per heavy atom. The second-order valence-corrected chi connectivity index (χ2v) is 4.36. The van der Waals surface area contributed by atoms with Gasteiger partial charge in [-0.15, -0.1) is 0 Å². The first-order chi connectivity index (χ1) is 8.74. The number of hydrogen-bond donors (Lipinski definition) is 1. The van der Waals surface area contributed by atoms with E-state index >= 15 is 0 Å². The van der Waals surface area contributed by atoms with Crippen molar-refractivity contribution < 1.29 is 14.0 Å². The van der Waals surface area contributed by atoms with Crippen LogP contribution in [0.5, 0.6) is 11.5 Å². The van der Waals surface area contributed by atoms with Crippen molar-refractivity contribution >= 4 is 17.4 Å². The van der Waals surface area contributed by atoms with Crippen LogP contribution in [0.2, 0.25) is 5.02 Å². The van der Waals surface area contributed by atoms with Crippen molar-refractivity contribution in [2.75, 3.05) is 18.9 Å². The van der Waals surface area contributed by atoms with E-state index in [9.17, 15) is 0 Å². The Morgan fingerprint density at radius 1 is 1.17 bits per heavy atom. The number of nitrogen functional groups attached to an aromatic ring is 1. The van der Waals surface area contributed by atoms with Crippen LogP contribution in [0.25, 0.3) is 11.3 Å². The first kappa shape index (κ1) is 11.2. The molecule has 3 rings (SSSR count). The minimum absolute atomic E-state index is 0.327. The predicted molar refractivity (Wildman–Crippen MR) is 67.0 cm³/mol. The molecule has 0 atom stereocenters. The number of nitrogens with zero attached hydrogens (tertiary/aromatic N) is 1. The van der Waals surface area contributed by atoms with Crippen LogP contribution in [0, 0.1) is 0 Å². The molecule has 2 heterocycles. The monoisotopic (exact) mass is 266 g/mol. The summed E-state index contributed by atoms with van der Waals surface area (Å²) in [6, 6.07) is 5.19. The summed E-state index contributed by atoms with van der Waals surface area (Å²) in [6.07, 6.45) is 0.829. The zero-order valence-corrected chi connectivity index (χ0v) is 10.2. The summed E-state index contributed by atoms with van der Waals surface area (Å²) >= 11 is 6.18. The van der Waals surface area contributed by atoms with Gasteiger partial charge in [0.15, 0.2) is 23.1 Å². The van der Waals surface area contributed by atoms with Gasteiger partial charge in [-0.05, 0) is 12.1 Å². The Morgan fingerprint density at radius 2 is 2.00 bits per heavy atom. The third-order valence-corrected chi connectivity index (χ3v) is 2.90. The van der Waals surface area contributed by atoms with Crippen molar-refractivity contribution in [2.24, 2.45) is 0 Å². The molecule has 0 saturated carbocycles. The van der Waals surface area contributed by atoms with Gasteiger partial charge in [0.05, 0.1) is 18.2 Å². The molecular weight excluding hydrogens is 256 g/mol. The molecule has 1 aliphatic rings. The molecule has 0 bridgehead atoms. The van der Waals surface area contributed by atoms with Gasteiger partial charge >= 0.3 is 0 Å². The molecule has 0 aliphatic carbocycles. The highest BCUT2D eigenvalue weighted by molar-refractivity contribution is 6.32. The van der Waals surface area contributed by atoms with E-state index in [4.69, 9.17) is 31.3 Å². The number of anilines is 1. The van der Waals surface area contributed by atoms with Gasteiger partial charge in [-0.3, -0.25) is 0 Å². The van der Waals surface area contributed by atoms with E-state index in [0.717, 1.165) is 12.0 Å². The van der Waals surface area contributed by atoms with Gasteiger partial charge in [-0.2, -0.15) is 0 Å². The second kappa shape index (κ2) is 4.42. The van der Waals surface area contributed by atoms with Crippen molar-refractivity contribution in [3.05, 3.63) is 23.2 Å². The van der Waals surface area contributed by atoms with Gasteiger partial charge in [-0.1, -0.05) is 16.8 Å². The molecule has 2 N–H and O–H groups in total. The average molecular weight is 267 g/mol. The molecule has 94 valence electrons.